The zero-order valence-electron chi connectivity index (χ0n) is 3.16. The van der Waals surface area contributed by atoms with Gasteiger partial charge in [0.15, 0.2) is 0 Å². The molecule has 2 aliphatic rings. The number of alkyl halides is 1. The van der Waals surface area contributed by atoms with Crippen LogP contribution in [0, 0.1) is 9.85 Å². The summed E-state index contributed by atoms with van der Waals surface area (Å²) < 4.78 is 9.81. The monoisotopic (exact) mass is 193 g/mol. The van der Waals surface area contributed by atoms with E-state index in [-0.39, 0.29) is 0 Å². The van der Waals surface area contributed by atoms with Crippen molar-refractivity contribution in [3.05, 3.63) is 0 Å². The van der Waals surface area contributed by atoms with E-state index in [0.29, 0.717) is 0 Å². The van der Waals surface area contributed by atoms with Gasteiger partial charge in [-0.3, -0.25) is 0 Å². The standard InChI is InChI=1S/C4H4IN/c1-2-5(3-1)4-6-5/h4,6H,2H2. The zero-order valence-corrected chi connectivity index (χ0v) is 5.32. The van der Waals surface area contributed by atoms with Crippen molar-refractivity contribution in [1.82, 2.24) is 3.53 Å². The third-order valence-electron chi connectivity index (χ3n) is 0.886. The number of hydrogen-bond acceptors (Lipinski definition) is 1. The van der Waals surface area contributed by atoms with Crippen LogP contribution < -0.4 is 3.53 Å². The Bertz CT molecular complexity index is 193. The first kappa shape index (κ1) is 3.16. The molecule has 0 radical (unpaired) electrons. The van der Waals surface area contributed by atoms with E-state index in [9.17, 15) is 0 Å². The van der Waals surface area contributed by atoms with Crippen LogP contribution >= 0.6 is 18.2 Å². The molecule has 2 heterocycles. The molecule has 0 fully saturated rings. The molecule has 1 spiro atoms. The SMILES string of the molecule is C1#CI2(=CN2)C1. The van der Waals surface area contributed by atoms with Gasteiger partial charge in [-0.25, -0.2) is 0 Å². The Morgan fingerprint density at radius 1 is 1.83 bits per heavy atom. The van der Waals surface area contributed by atoms with Crippen molar-refractivity contribution >= 4 is 22.4 Å². The van der Waals surface area contributed by atoms with E-state index in [1.54, 1.807) is 0 Å². The van der Waals surface area contributed by atoms with Gasteiger partial charge in [-0.05, 0) is 0 Å². The third kappa shape index (κ3) is 0.233. The second kappa shape index (κ2) is 0.703. The quantitative estimate of drug-likeness (QED) is 0.254. The predicted molar refractivity (Wildman–Crippen MR) is 35.9 cm³/mol. The summed E-state index contributed by atoms with van der Waals surface area (Å²) in [4.78, 5) is 0. The Morgan fingerprint density at radius 3 is 2.50 bits per heavy atom. The van der Waals surface area contributed by atoms with Crippen molar-refractivity contribution in [2.45, 2.75) is 0 Å². The Balaban J connectivity index is 2.64. The first-order valence-corrected chi connectivity index (χ1v) is 6.68. The Kier molecular flexibility index (Phi) is 0.371. The van der Waals surface area contributed by atoms with Gasteiger partial charge in [-0.15, -0.1) is 0 Å². The molecule has 0 saturated carbocycles. The molecule has 32 valence electrons. The third-order valence-corrected chi connectivity index (χ3v) is 5.94. The van der Waals surface area contributed by atoms with E-state index >= 15 is 0 Å². The normalized spacial score (nSPS) is 56.0. The van der Waals surface area contributed by atoms with Crippen molar-refractivity contribution in [3.63, 3.8) is 0 Å². The molecule has 1 N–H and O–H groups in total. The van der Waals surface area contributed by atoms with Gasteiger partial charge in [0.1, 0.15) is 0 Å². The molecule has 0 amide bonds. The zero-order chi connectivity index (χ0) is 4.04. The Labute approximate surface area is 40.5 Å². The summed E-state index contributed by atoms with van der Waals surface area (Å²) in [5.41, 5.74) is 0. The molecule has 0 saturated heterocycles. The second-order valence-corrected chi connectivity index (χ2v) is 8.10. The first-order valence-electron chi connectivity index (χ1n) is 1.76. The average molecular weight is 193 g/mol. The van der Waals surface area contributed by atoms with Crippen molar-refractivity contribution in [1.29, 1.82) is 0 Å². The summed E-state index contributed by atoms with van der Waals surface area (Å²) in [6, 6.07) is 0. The molecule has 0 aromatic carbocycles. The number of rotatable bonds is 0. The van der Waals surface area contributed by atoms with Crippen LogP contribution in [0.5, 0.6) is 0 Å². The van der Waals surface area contributed by atoms with Crippen LogP contribution in [0.2, 0.25) is 0 Å². The molecule has 1 nitrogen and oxygen atoms in total. The van der Waals surface area contributed by atoms with Gasteiger partial charge in [0.2, 0.25) is 0 Å². The summed E-state index contributed by atoms with van der Waals surface area (Å²) in [5, 5.41) is 0. The first-order chi connectivity index (χ1) is 2.91. The number of hydrogen-bond donors (Lipinski definition) is 1. The van der Waals surface area contributed by atoms with Gasteiger partial charge in [0.25, 0.3) is 0 Å². The second-order valence-electron chi connectivity index (χ2n) is 1.36. The van der Waals surface area contributed by atoms with Gasteiger partial charge in [0, 0.05) is 0 Å². The fourth-order valence-corrected chi connectivity index (χ4v) is 4.54. The van der Waals surface area contributed by atoms with Crippen molar-refractivity contribution < 1.29 is 0 Å². The predicted octanol–water partition coefficient (Wildman–Crippen LogP) is 0.281. The Morgan fingerprint density at radius 2 is 2.50 bits per heavy atom. The van der Waals surface area contributed by atoms with Crippen molar-refractivity contribution in [3.8, 4) is 9.85 Å². The molecule has 6 heavy (non-hydrogen) atoms. The van der Waals surface area contributed by atoms with Gasteiger partial charge in [-0.1, -0.05) is 0 Å². The minimum absolute atomic E-state index is 1.21. The van der Waals surface area contributed by atoms with Crippen LogP contribution in [-0.2, 0) is 0 Å². The number of halogens is 1. The summed E-state index contributed by atoms with van der Waals surface area (Å²) in [6.07, 6.45) is 0. The van der Waals surface area contributed by atoms with Gasteiger partial charge < -0.3 is 0 Å². The van der Waals surface area contributed by atoms with Crippen molar-refractivity contribution in [2.24, 2.45) is 0 Å². The molecular weight excluding hydrogens is 189 g/mol. The number of nitrogens with one attached hydrogen (secondary N) is 1. The van der Waals surface area contributed by atoms with Crippen LogP contribution in [0.3, 0.4) is 0 Å². The molecule has 0 aromatic rings. The van der Waals surface area contributed by atoms with Crippen LogP contribution in [0.25, 0.3) is 0 Å². The average Bonchev–Trinajstić information content (AvgIpc) is 2.02. The molecule has 0 aromatic heterocycles. The maximum atomic E-state index is 3.23. The summed E-state index contributed by atoms with van der Waals surface area (Å²) in [6.45, 7) is 0. The molecule has 0 bridgehead atoms. The van der Waals surface area contributed by atoms with Gasteiger partial charge in [-0.2, -0.15) is 0 Å². The molecule has 0 aliphatic carbocycles. The molecular formula is C4H4IN. The van der Waals surface area contributed by atoms with E-state index in [1.165, 1.54) is 4.43 Å². The van der Waals surface area contributed by atoms with Crippen molar-refractivity contribution in [2.75, 3.05) is 4.43 Å². The molecule has 1 atom stereocenters. The van der Waals surface area contributed by atoms with Crippen LogP contribution in [-0.4, -0.2) is 8.56 Å². The molecule has 2 rings (SSSR count). The molecule has 1 unspecified atom stereocenters. The van der Waals surface area contributed by atoms with E-state index in [2.05, 4.69) is 17.5 Å². The molecule has 2 aliphatic heterocycles. The Hall–Kier alpha value is 0.120. The summed E-state index contributed by atoms with van der Waals surface area (Å²) in [5.74, 6) is 3.00. The van der Waals surface area contributed by atoms with Crippen LogP contribution in [0.4, 0.5) is 0 Å². The topological polar surface area (TPSA) is 21.9 Å². The van der Waals surface area contributed by atoms with Gasteiger partial charge in [0.05, 0.1) is 0 Å². The maximum absolute atomic E-state index is 3.23. The minimum atomic E-state index is -1.28. The van der Waals surface area contributed by atoms with E-state index < -0.39 is 18.2 Å². The van der Waals surface area contributed by atoms with Crippen LogP contribution in [0.1, 0.15) is 0 Å². The van der Waals surface area contributed by atoms with E-state index in [0.717, 1.165) is 0 Å². The van der Waals surface area contributed by atoms with E-state index in [4.69, 9.17) is 0 Å². The molecule has 2 heteroatoms. The summed E-state index contributed by atoms with van der Waals surface area (Å²) in [7, 11) is 0. The fraction of sp³-hybridized carbons (Fsp3) is 0.250. The fourth-order valence-electron chi connectivity index (χ4n) is 0.392. The summed E-state index contributed by atoms with van der Waals surface area (Å²) >= 11 is -1.28. The van der Waals surface area contributed by atoms with E-state index in [1.807, 2.05) is 0 Å². The van der Waals surface area contributed by atoms with Crippen LogP contribution in [0.15, 0.2) is 0 Å². The van der Waals surface area contributed by atoms with Gasteiger partial charge >= 0.3 is 40.2 Å².